The fourth-order valence-electron chi connectivity index (χ4n) is 0.983. The highest BCUT2D eigenvalue weighted by atomic mass is 79.9. The van der Waals surface area contributed by atoms with Crippen LogP contribution >= 0.6 is 15.9 Å². The van der Waals surface area contributed by atoms with Gasteiger partial charge in [0.05, 0.1) is 4.47 Å². The summed E-state index contributed by atoms with van der Waals surface area (Å²) in [5.41, 5.74) is 0. The molecule has 1 N–H and O–H groups in total. The van der Waals surface area contributed by atoms with Gasteiger partial charge in [-0.05, 0) is 28.1 Å². The van der Waals surface area contributed by atoms with E-state index in [0.29, 0.717) is 0 Å². The van der Waals surface area contributed by atoms with E-state index in [1.54, 1.807) is 6.92 Å². The van der Waals surface area contributed by atoms with E-state index in [0.717, 1.165) is 12.1 Å². The van der Waals surface area contributed by atoms with Gasteiger partial charge in [-0.3, -0.25) is 0 Å². The Bertz CT molecular complexity index is 476. The van der Waals surface area contributed by atoms with Crippen LogP contribution in [0, 0.1) is 11.6 Å². The SMILES string of the molecule is CCNS(=O)(=O)c1ccc(F)c(Br)c1F. The lowest BCUT2D eigenvalue weighted by Crippen LogP contribution is -2.24. The minimum Gasteiger partial charge on any atom is -0.211 e. The third-order valence-corrected chi connectivity index (χ3v) is 3.91. The van der Waals surface area contributed by atoms with Gasteiger partial charge in [0.2, 0.25) is 10.0 Å². The van der Waals surface area contributed by atoms with Gasteiger partial charge in [-0.15, -0.1) is 0 Å². The van der Waals surface area contributed by atoms with Crippen molar-refractivity contribution in [1.82, 2.24) is 4.72 Å². The minimum atomic E-state index is -3.90. The van der Waals surface area contributed by atoms with Gasteiger partial charge in [0, 0.05) is 6.54 Å². The smallest absolute Gasteiger partial charge is 0.211 e. The average molecular weight is 300 g/mol. The van der Waals surface area contributed by atoms with Gasteiger partial charge in [0.1, 0.15) is 10.7 Å². The van der Waals surface area contributed by atoms with E-state index in [9.17, 15) is 17.2 Å². The fraction of sp³-hybridized carbons (Fsp3) is 0.250. The van der Waals surface area contributed by atoms with Gasteiger partial charge < -0.3 is 0 Å². The summed E-state index contributed by atoms with van der Waals surface area (Å²) in [4.78, 5) is -0.572. The van der Waals surface area contributed by atoms with Gasteiger partial charge in [0.15, 0.2) is 5.82 Å². The van der Waals surface area contributed by atoms with Crippen LogP contribution in [0.2, 0.25) is 0 Å². The largest absolute Gasteiger partial charge is 0.243 e. The summed E-state index contributed by atoms with van der Waals surface area (Å²) in [7, 11) is -3.90. The van der Waals surface area contributed by atoms with Crippen LogP contribution in [0.3, 0.4) is 0 Å². The molecule has 0 saturated heterocycles. The molecule has 0 fully saturated rings. The van der Waals surface area contributed by atoms with E-state index in [4.69, 9.17) is 0 Å². The molecule has 84 valence electrons. The summed E-state index contributed by atoms with van der Waals surface area (Å²) >= 11 is 2.63. The highest BCUT2D eigenvalue weighted by Crippen LogP contribution is 2.25. The zero-order valence-corrected chi connectivity index (χ0v) is 10.1. The number of benzene rings is 1. The summed E-state index contributed by atoms with van der Waals surface area (Å²) in [5, 5.41) is 0. The predicted octanol–water partition coefficient (Wildman–Crippen LogP) is 2.03. The molecule has 0 aliphatic rings. The van der Waals surface area contributed by atoms with Crippen molar-refractivity contribution in [3.8, 4) is 0 Å². The Morgan fingerprint density at radius 2 is 2.00 bits per heavy atom. The molecular formula is C8H8BrF2NO2S. The molecule has 1 aromatic carbocycles. The van der Waals surface area contributed by atoms with Crippen LogP contribution in [-0.2, 0) is 10.0 Å². The summed E-state index contributed by atoms with van der Waals surface area (Å²) in [6.07, 6.45) is 0. The standard InChI is InChI=1S/C8H8BrF2NO2S/c1-2-12-15(13,14)6-4-3-5(10)7(9)8(6)11/h3-4,12H,2H2,1H3. The summed E-state index contributed by atoms with van der Waals surface area (Å²) in [5.74, 6) is -1.97. The van der Waals surface area contributed by atoms with Crippen molar-refractivity contribution in [2.75, 3.05) is 6.54 Å². The van der Waals surface area contributed by atoms with Crippen LogP contribution in [0.5, 0.6) is 0 Å². The van der Waals surface area contributed by atoms with Crippen LogP contribution in [0.4, 0.5) is 8.78 Å². The molecule has 3 nitrogen and oxygen atoms in total. The molecule has 7 heteroatoms. The normalized spacial score (nSPS) is 11.7. The van der Waals surface area contributed by atoms with Crippen LogP contribution in [0.25, 0.3) is 0 Å². The number of hydrogen-bond donors (Lipinski definition) is 1. The summed E-state index contributed by atoms with van der Waals surface area (Å²) in [6, 6.07) is 1.77. The molecule has 0 aromatic heterocycles. The van der Waals surface area contributed by atoms with E-state index < -0.39 is 31.0 Å². The average Bonchev–Trinajstić information content (AvgIpc) is 2.13. The first-order chi connectivity index (χ1) is 6.90. The maximum Gasteiger partial charge on any atom is 0.243 e. The van der Waals surface area contributed by atoms with Crippen LogP contribution in [0.15, 0.2) is 21.5 Å². The first-order valence-corrected chi connectivity index (χ1v) is 6.31. The van der Waals surface area contributed by atoms with Crippen LogP contribution in [0.1, 0.15) is 6.92 Å². The van der Waals surface area contributed by atoms with Crippen molar-refractivity contribution < 1.29 is 17.2 Å². The summed E-state index contributed by atoms with van der Waals surface area (Å²) < 4.78 is 50.7. The van der Waals surface area contributed by atoms with E-state index in [1.165, 1.54) is 0 Å². The molecule has 0 saturated carbocycles. The molecule has 0 unspecified atom stereocenters. The molecule has 15 heavy (non-hydrogen) atoms. The second-order valence-electron chi connectivity index (χ2n) is 2.67. The monoisotopic (exact) mass is 299 g/mol. The fourth-order valence-corrected chi connectivity index (χ4v) is 2.58. The second kappa shape index (κ2) is 4.54. The van der Waals surface area contributed by atoms with E-state index >= 15 is 0 Å². The van der Waals surface area contributed by atoms with Crippen molar-refractivity contribution in [3.05, 3.63) is 28.2 Å². The topological polar surface area (TPSA) is 46.2 Å². The lowest BCUT2D eigenvalue weighted by atomic mass is 10.3. The quantitative estimate of drug-likeness (QED) is 0.868. The Morgan fingerprint density at radius 3 is 2.53 bits per heavy atom. The Balaban J connectivity index is 3.34. The van der Waals surface area contributed by atoms with Crippen molar-refractivity contribution in [2.45, 2.75) is 11.8 Å². The Labute approximate surface area is 94.7 Å². The lowest BCUT2D eigenvalue weighted by molar-refractivity contribution is 0.536. The van der Waals surface area contributed by atoms with Crippen molar-refractivity contribution >= 4 is 26.0 Å². The molecule has 0 radical (unpaired) electrons. The van der Waals surface area contributed by atoms with Gasteiger partial charge in [0.25, 0.3) is 0 Å². The number of halogens is 3. The maximum absolute atomic E-state index is 13.4. The zero-order valence-electron chi connectivity index (χ0n) is 7.72. The van der Waals surface area contributed by atoms with Gasteiger partial charge in [-0.1, -0.05) is 6.92 Å². The highest BCUT2D eigenvalue weighted by molar-refractivity contribution is 9.10. The van der Waals surface area contributed by atoms with Crippen molar-refractivity contribution in [1.29, 1.82) is 0 Å². The highest BCUT2D eigenvalue weighted by Gasteiger charge is 2.21. The molecule has 0 heterocycles. The number of rotatable bonds is 3. The second-order valence-corrected chi connectivity index (χ2v) is 5.20. The number of nitrogens with one attached hydrogen (secondary N) is 1. The van der Waals surface area contributed by atoms with Crippen molar-refractivity contribution in [3.63, 3.8) is 0 Å². The van der Waals surface area contributed by atoms with Gasteiger partial charge >= 0.3 is 0 Å². The van der Waals surface area contributed by atoms with Gasteiger partial charge in [-0.25, -0.2) is 21.9 Å². The van der Waals surface area contributed by atoms with Crippen LogP contribution < -0.4 is 4.72 Å². The van der Waals surface area contributed by atoms with Gasteiger partial charge in [-0.2, -0.15) is 0 Å². The van der Waals surface area contributed by atoms with E-state index in [2.05, 4.69) is 20.7 Å². The predicted molar refractivity (Wildman–Crippen MR) is 54.9 cm³/mol. The number of sulfonamides is 1. The third kappa shape index (κ3) is 2.53. The minimum absolute atomic E-state index is 0.136. The zero-order chi connectivity index (χ0) is 11.6. The van der Waals surface area contributed by atoms with Crippen molar-refractivity contribution in [2.24, 2.45) is 0 Å². The molecule has 0 atom stereocenters. The molecular weight excluding hydrogens is 292 g/mol. The first kappa shape index (κ1) is 12.5. The Kier molecular flexibility index (Phi) is 3.80. The lowest BCUT2D eigenvalue weighted by Gasteiger charge is -2.06. The maximum atomic E-state index is 13.4. The molecule has 1 aromatic rings. The molecule has 0 aliphatic carbocycles. The van der Waals surface area contributed by atoms with E-state index in [-0.39, 0.29) is 6.54 Å². The van der Waals surface area contributed by atoms with E-state index in [1.807, 2.05) is 0 Å². The molecule has 0 bridgehead atoms. The molecule has 0 amide bonds. The third-order valence-electron chi connectivity index (χ3n) is 1.62. The van der Waals surface area contributed by atoms with Crippen LogP contribution in [-0.4, -0.2) is 15.0 Å². The Hall–Kier alpha value is -0.530. The molecule has 0 spiro atoms. The Morgan fingerprint density at radius 1 is 1.40 bits per heavy atom. The molecule has 0 aliphatic heterocycles. The number of hydrogen-bond acceptors (Lipinski definition) is 2. The first-order valence-electron chi connectivity index (χ1n) is 4.03. The molecule has 1 rings (SSSR count). The summed E-state index contributed by atoms with van der Waals surface area (Å²) in [6.45, 7) is 1.70.